The van der Waals surface area contributed by atoms with E-state index in [-0.39, 0.29) is 12.5 Å². The zero-order valence-corrected chi connectivity index (χ0v) is 19.0. The van der Waals surface area contributed by atoms with Crippen molar-refractivity contribution in [2.24, 2.45) is 7.05 Å². The van der Waals surface area contributed by atoms with E-state index in [1.54, 1.807) is 12.4 Å². The van der Waals surface area contributed by atoms with Gasteiger partial charge in [0, 0.05) is 62.3 Å². The topological polar surface area (TPSA) is 99.2 Å². The van der Waals surface area contributed by atoms with Gasteiger partial charge in [-0.3, -0.25) is 4.79 Å². The maximum absolute atomic E-state index is 13.2. The molecule has 7 nitrogen and oxygen atoms in total. The Morgan fingerprint density at radius 3 is 2.57 bits per heavy atom. The monoisotopic (exact) mass is 532 g/mol. The summed E-state index contributed by atoms with van der Waals surface area (Å²) in [5.74, 6) is -0.278. The number of H-pyrrole nitrogens is 1. The summed E-state index contributed by atoms with van der Waals surface area (Å²) >= 11 is 6.93. The summed E-state index contributed by atoms with van der Waals surface area (Å²) in [5.41, 5.74) is 3.15. The first-order valence-corrected chi connectivity index (χ1v) is 10.7. The number of aryl methyl sites for hydroxylation is 1. The summed E-state index contributed by atoms with van der Waals surface area (Å²) < 4.78 is 3.66. The molecule has 9 heteroatoms. The second-order valence-electron chi connectivity index (χ2n) is 6.96. The second-order valence-corrected chi connectivity index (χ2v) is 8.79. The van der Waals surface area contributed by atoms with E-state index in [0.29, 0.717) is 5.56 Å². The highest BCUT2D eigenvalue weighted by Gasteiger charge is 2.22. The number of fused-ring (bicyclic) bond motifs is 2. The third kappa shape index (κ3) is 3.95. The molecular formula is C21H18Br2N4O3. The third-order valence-corrected chi connectivity index (χ3v) is 6.00. The fourth-order valence-electron chi connectivity index (χ4n) is 3.61. The predicted octanol–water partition coefficient (Wildman–Crippen LogP) is 4.92. The lowest BCUT2D eigenvalue weighted by molar-refractivity contribution is 0.0936. The largest absolute Gasteiger partial charge is 0.465 e. The zero-order chi connectivity index (χ0) is 21.4. The number of hydrogen-bond donors (Lipinski definition) is 4. The first-order chi connectivity index (χ1) is 14.3. The number of benzene rings is 2. The molecule has 1 unspecified atom stereocenters. The predicted molar refractivity (Wildman–Crippen MR) is 123 cm³/mol. The molecule has 0 aliphatic heterocycles. The molecule has 0 fully saturated rings. The molecule has 2 amide bonds. The van der Waals surface area contributed by atoms with Gasteiger partial charge in [0.25, 0.3) is 5.91 Å². The van der Waals surface area contributed by atoms with Crippen LogP contribution in [0, 0.1) is 0 Å². The molecule has 0 aliphatic carbocycles. The quantitative estimate of drug-likeness (QED) is 0.293. The molecule has 4 aromatic rings. The van der Waals surface area contributed by atoms with E-state index < -0.39 is 12.1 Å². The average molecular weight is 534 g/mol. The minimum absolute atomic E-state index is 0.0367. The highest BCUT2D eigenvalue weighted by Crippen LogP contribution is 2.29. The molecular weight excluding hydrogens is 516 g/mol. The molecule has 0 saturated carbocycles. The van der Waals surface area contributed by atoms with Crippen LogP contribution in [0.15, 0.2) is 57.7 Å². The van der Waals surface area contributed by atoms with Crippen LogP contribution < -0.4 is 10.6 Å². The third-order valence-electron chi connectivity index (χ3n) is 5.01. The number of aromatic amines is 1. The van der Waals surface area contributed by atoms with Crippen molar-refractivity contribution in [1.29, 1.82) is 0 Å². The average Bonchev–Trinajstić information content (AvgIpc) is 3.25. The van der Waals surface area contributed by atoms with E-state index in [9.17, 15) is 9.59 Å². The van der Waals surface area contributed by atoms with Crippen LogP contribution in [0.4, 0.5) is 4.79 Å². The fourth-order valence-corrected chi connectivity index (χ4v) is 4.33. The summed E-state index contributed by atoms with van der Waals surface area (Å²) in [6, 6.07) is 11.0. The Morgan fingerprint density at radius 2 is 1.83 bits per heavy atom. The van der Waals surface area contributed by atoms with Crippen molar-refractivity contribution in [2.75, 3.05) is 6.54 Å². The van der Waals surface area contributed by atoms with Crippen LogP contribution in [0.5, 0.6) is 0 Å². The number of amides is 2. The van der Waals surface area contributed by atoms with Crippen molar-refractivity contribution >= 4 is 65.7 Å². The highest BCUT2D eigenvalue weighted by atomic mass is 79.9. The van der Waals surface area contributed by atoms with Gasteiger partial charge >= 0.3 is 6.09 Å². The first kappa shape index (κ1) is 20.5. The Morgan fingerprint density at radius 1 is 1.13 bits per heavy atom. The molecule has 2 aromatic heterocycles. The van der Waals surface area contributed by atoms with Gasteiger partial charge in [0.05, 0.1) is 11.6 Å². The van der Waals surface area contributed by atoms with Crippen LogP contribution in [0.2, 0.25) is 0 Å². The molecule has 0 saturated heterocycles. The minimum atomic E-state index is -1.15. The first-order valence-electron chi connectivity index (χ1n) is 9.12. The molecule has 2 heterocycles. The molecule has 4 rings (SSSR count). The molecule has 0 spiro atoms. The summed E-state index contributed by atoms with van der Waals surface area (Å²) in [6.45, 7) is 0.0367. The van der Waals surface area contributed by atoms with Crippen molar-refractivity contribution in [3.63, 3.8) is 0 Å². The van der Waals surface area contributed by atoms with E-state index in [4.69, 9.17) is 5.11 Å². The van der Waals surface area contributed by atoms with Crippen molar-refractivity contribution in [3.05, 3.63) is 68.9 Å². The molecule has 0 aliphatic rings. The smallest absolute Gasteiger partial charge is 0.404 e. The van der Waals surface area contributed by atoms with Crippen molar-refractivity contribution in [2.45, 2.75) is 6.04 Å². The Kier molecular flexibility index (Phi) is 5.57. The normalized spacial score (nSPS) is 12.2. The van der Waals surface area contributed by atoms with Gasteiger partial charge in [-0.05, 0) is 36.4 Å². The van der Waals surface area contributed by atoms with Crippen LogP contribution in [0.25, 0.3) is 21.8 Å². The highest BCUT2D eigenvalue weighted by molar-refractivity contribution is 9.10. The van der Waals surface area contributed by atoms with Gasteiger partial charge in [-0.1, -0.05) is 31.9 Å². The van der Waals surface area contributed by atoms with Gasteiger partial charge in [0.1, 0.15) is 0 Å². The molecule has 0 bridgehead atoms. The minimum Gasteiger partial charge on any atom is -0.465 e. The van der Waals surface area contributed by atoms with Crippen molar-refractivity contribution in [1.82, 2.24) is 20.2 Å². The SMILES string of the molecule is Cn1cc(C(=O)NC(CNC(=O)O)c2c[nH]c3ccc(Br)cc23)c2cc(Br)ccc21. The number of halogens is 2. The number of carbonyl (C=O) groups excluding carboxylic acids is 1. The van der Waals surface area contributed by atoms with Crippen molar-refractivity contribution in [3.8, 4) is 0 Å². The van der Waals surface area contributed by atoms with Crippen molar-refractivity contribution < 1.29 is 14.7 Å². The number of rotatable bonds is 5. The Labute approximate surface area is 188 Å². The number of nitrogens with one attached hydrogen (secondary N) is 3. The van der Waals surface area contributed by atoms with E-state index >= 15 is 0 Å². The van der Waals surface area contributed by atoms with Gasteiger partial charge in [0.15, 0.2) is 0 Å². The maximum Gasteiger partial charge on any atom is 0.404 e. The second kappa shape index (κ2) is 8.16. The Bertz CT molecular complexity index is 1280. The lowest BCUT2D eigenvalue weighted by Gasteiger charge is -2.18. The summed E-state index contributed by atoms with van der Waals surface area (Å²) in [4.78, 5) is 27.5. The Hall–Kier alpha value is -2.78. The molecule has 4 N–H and O–H groups in total. The lowest BCUT2D eigenvalue weighted by Crippen LogP contribution is -2.37. The number of carbonyl (C=O) groups is 2. The zero-order valence-electron chi connectivity index (χ0n) is 15.9. The van der Waals surface area contributed by atoms with Gasteiger partial charge in [-0.2, -0.15) is 0 Å². The number of carboxylic acid groups (broad SMARTS) is 1. The van der Waals surface area contributed by atoms with Crippen LogP contribution in [0.1, 0.15) is 22.0 Å². The van der Waals surface area contributed by atoms with Gasteiger partial charge < -0.3 is 25.3 Å². The van der Waals surface area contributed by atoms with E-state index in [1.165, 1.54) is 0 Å². The number of hydrogen-bond acceptors (Lipinski definition) is 2. The van der Waals surface area contributed by atoms with Crippen LogP contribution in [-0.4, -0.2) is 33.2 Å². The van der Waals surface area contributed by atoms with E-state index in [0.717, 1.165) is 36.3 Å². The van der Waals surface area contributed by atoms with Crippen LogP contribution in [0.3, 0.4) is 0 Å². The maximum atomic E-state index is 13.2. The summed E-state index contributed by atoms with van der Waals surface area (Å²) in [6.07, 6.45) is 2.43. The summed E-state index contributed by atoms with van der Waals surface area (Å²) in [5, 5.41) is 16.2. The fraction of sp³-hybridized carbons (Fsp3) is 0.143. The molecule has 1 atom stereocenters. The summed E-state index contributed by atoms with van der Waals surface area (Å²) in [7, 11) is 1.88. The van der Waals surface area contributed by atoms with Gasteiger partial charge in [-0.15, -0.1) is 0 Å². The Balaban J connectivity index is 1.72. The molecule has 30 heavy (non-hydrogen) atoms. The number of nitrogens with zero attached hydrogens (tertiary/aromatic N) is 1. The number of aromatic nitrogens is 2. The van der Waals surface area contributed by atoms with Crippen LogP contribution >= 0.6 is 31.9 Å². The van der Waals surface area contributed by atoms with E-state index in [1.807, 2.05) is 48.0 Å². The van der Waals surface area contributed by atoms with Gasteiger partial charge in [0.2, 0.25) is 0 Å². The molecule has 154 valence electrons. The molecule has 0 radical (unpaired) electrons. The van der Waals surface area contributed by atoms with Crippen LogP contribution in [-0.2, 0) is 7.05 Å². The van der Waals surface area contributed by atoms with Gasteiger partial charge in [-0.25, -0.2) is 4.79 Å². The molecule has 2 aromatic carbocycles. The van der Waals surface area contributed by atoms with E-state index in [2.05, 4.69) is 47.5 Å². The standard InChI is InChI=1S/C21H18Br2N4O3/c1-27-10-16(14-7-12(23)3-5-19(14)27)20(28)26-18(9-25-21(29)30)15-8-24-17-4-2-11(22)6-13(15)17/h2-8,10,18,24-25H,9H2,1H3,(H,26,28)(H,29,30). The lowest BCUT2D eigenvalue weighted by atomic mass is 10.0.